The lowest BCUT2D eigenvalue weighted by molar-refractivity contribution is -0.154. The predicted octanol–water partition coefficient (Wildman–Crippen LogP) is 2.36. The van der Waals surface area contributed by atoms with Crippen LogP contribution in [0.1, 0.15) is 46.0 Å². The molecule has 2 saturated carbocycles. The van der Waals surface area contributed by atoms with E-state index < -0.39 is 11.4 Å². The highest BCUT2D eigenvalue weighted by Gasteiger charge is 2.60. The second-order valence-corrected chi connectivity index (χ2v) is 10.1. The Hall–Kier alpha value is -1.51. The first-order valence-corrected chi connectivity index (χ1v) is 11.3. The minimum absolute atomic E-state index is 0.0146. The average Bonchev–Trinajstić information content (AvgIpc) is 3.02. The van der Waals surface area contributed by atoms with Crippen LogP contribution in [0.4, 0.5) is 0 Å². The van der Waals surface area contributed by atoms with Crippen LogP contribution >= 0.6 is 0 Å². The number of hydrogen-bond acceptors (Lipinski definition) is 6. The summed E-state index contributed by atoms with van der Waals surface area (Å²) in [4.78, 5) is 23.0. The van der Waals surface area contributed by atoms with Gasteiger partial charge in [0.2, 0.25) is 6.41 Å². The van der Waals surface area contributed by atoms with Crippen LogP contribution in [-0.4, -0.2) is 41.9 Å². The Morgan fingerprint density at radius 3 is 2.86 bits per heavy atom. The number of nitrogens with one attached hydrogen (secondary N) is 1. The number of carbonyl (C=O) groups excluding carboxylic acids is 2. The number of allylic oxidation sites excluding steroid dienone is 2. The van der Waals surface area contributed by atoms with Gasteiger partial charge in [0.05, 0.1) is 24.3 Å². The topological polar surface area (TPSA) is 90.9 Å². The molecule has 0 aromatic carbocycles. The molecule has 2 heterocycles. The van der Waals surface area contributed by atoms with E-state index in [1.54, 1.807) is 0 Å². The number of amides is 1. The molecule has 2 unspecified atom stereocenters. The molecule has 0 radical (unpaired) electrons. The highest BCUT2D eigenvalue weighted by molar-refractivity contribution is 7.75. The molecule has 0 aromatic rings. The van der Waals surface area contributed by atoms with Crippen LogP contribution < -0.4 is 5.32 Å². The summed E-state index contributed by atoms with van der Waals surface area (Å²) in [5.41, 5.74) is 1.52. The second-order valence-electron chi connectivity index (χ2n) is 9.23. The lowest BCUT2D eigenvalue weighted by Crippen LogP contribution is -2.60. The zero-order chi connectivity index (χ0) is 20.8. The van der Waals surface area contributed by atoms with Gasteiger partial charge in [-0.05, 0) is 49.4 Å². The molecule has 1 N–H and O–H groups in total. The van der Waals surface area contributed by atoms with Crippen LogP contribution in [-0.2, 0) is 34.1 Å². The van der Waals surface area contributed by atoms with Gasteiger partial charge in [-0.1, -0.05) is 32.1 Å². The Kier molecular flexibility index (Phi) is 5.46. The van der Waals surface area contributed by atoms with E-state index in [-0.39, 0.29) is 41.5 Å². The quantitative estimate of drug-likeness (QED) is 0.323. The van der Waals surface area contributed by atoms with Gasteiger partial charge in [-0.15, -0.1) is 0 Å². The number of rotatable bonds is 4. The first-order valence-electron chi connectivity index (χ1n) is 10.3. The number of cyclic esters (lactones) is 1. The van der Waals surface area contributed by atoms with Gasteiger partial charge in [0.1, 0.15) is 6.61 Å². The molecule has 1 amide bonds. The maximum absolute atomic E-state index is 12.1. The average molecular weight is 424 g/mol. The third kappa shape index (κ3) is 3.39. The summed E-state index contributed by atoms with van der Waals surface area (Å²) in [6.07, 6.45) is 6.85. The molecule has 4 aliphatic rings. The van der Waals surface area contributed by atoms with Crippen molar-refractivity contribution < 1.29 is 26.9 Å². The van der Waals surface area contributed by atoms with Crippen molar-refractivity contribution in [1.29, 1.82) is 0 Å². The second kappa shape index (κ2) is 7.63. The normalized spacial score (nSPS) is 46.0. The number of carbonyl (C=O) groups is 2. The van der Waals surface area contributed by atoms with Gasteiger partial charge in [-0.3, -0.25) is 13.2 Å². The van der Waals surface area contributed by atoms with Gasteiger partial charge in [-0.2, -0.15) is 4.21 Å². The molecule has 7 nitrogen and oxygen atoms in total. The molecule has 0 aromatic heterocycles. The highest BCUT2D eigenvalue weighted by Crippen LogP contribution is 2.63. The van der Waals surface area contributed by atoms with Crippen molar-refractivity contribution in [3.05, 3.63) is 23.8 Å². The SMILES string of the molecule is C=C1CC[C@@H]2[C@]3(C)COS(=O)O[C@@H]3CC[C@@]2(C)[C@@H]1C/C=C1/C(=O)OCC1NC=O. The first kappa shape index (κ1) is 20.8. The van der Waals surface area contributed by atoms with Gasteiger partial charge >= 0.3 is 17.3 Å². The largest absolute Gasteiger partial charge is 0.460 e. The summed E-state index contributed by atoms with van der Waals surface area (Å²) in [5.74, 6) is 0.198. The van der Waals surface area contributed by atoms with Gasteiger partial charge in [0.25, 0.3) is 0 Å². The summed E-state index contributed by atoms with van der Waals surface area (Å²) in [6, 6.07) is -0.385. The van der Waals surface area contributed by atoms with E-state index in [0.29, 0.717) is 30.9 Å². The molecule has 0 spiro atoms. The van der Waals surface area contributed by atoms with E-state index in [2.05, 4.69) is 25.7 Å². The van der Waals surface area contributed by atoms with E-state index in [4.69, 9.17) is 13.1 Å². The van der Waals surface area contributed by atoms with Gasteiger partial charge < -0.3 is 10.1 Å². The molecule has 8 heteroatoms. The van der Waals surface area contributed by atoms with Gasteiger partial charge in [0, 0.05) is 5.41 Å². The molecule has 2 aliphatic carbocycles. The minimum atomic E-state index is -1.66. The van der Waals surface area contributed by atoms with Crippen molar-refractivity contribution in [2.75, 3.05) is 13.2 Å². The van der Waals surface area contributed by atoms with Crippen LogP contribution in [0.2, 0.25) is 0 Å². The molecular weight excluding hydrogens is 394 g/mol. The maximum Gasteiger partial charge on any atom is 0.336 e. The molecular formula is C21H29NO6S. The van der Waals surface area contributed by atoms with Crippen molar-refractivity contribution in [3.8, 4) is 0 Å². The van der Waals surface area contributed by atoms with Crippen LogP contribution in [0, 0.1) is 22.7 Å². The summed E-state index contributed by atoms with van der Waals surface area (Å²) in [7, 11) is 0. The first-order chi connectivity index (χ1) is 13.8. The van der Waals surface area contributed by atoms with E-state index in [0.717, 1.165) is 25.7 Å². The Morgan fingerprint density at radius 2 is 2.10 bits per heavy atom. The highest BCUT2D eigenvalue weighted by atomic mass is 32.2. The van der Waals surface area contributed by atoms with Crippen molar-refractivity contribution >= 4 is 23.7 Å². The standard InChI is InChI=1S/C21H29NO6S/c1-13-4-7-17-20(2,9-8-18-21(17,3)11-27-29(25)28-18)15(13)6-5-14-16(22-12-23)10-26-19(14)24/h5,12,15-18H,1,4,6-11H2,2-3H3,(H,22,23)/b14-5+/t15-,16?,17+,18-,20+,21+,29?/m1/s1. The van der Waals surface area contributed by atoms with E-state index in [1.165, 1.54) is 5.57 Å². The molecule has 4 fully saturated rings. The summed E-state index contributed by atoms with van der Waals surface area (Å²) >= 11 is -1.66. The molecule has 7 atom stereocenters. The van der Waals surface area contributed by atoms with Crippen LogP contribution in [0.25, 0.3) is 0 Å². The Balaban J connectivity index is 1.60. The van der Waals surface area contributed by atoms with Crippen LogP contribution in [0.3, 0.4) is 0 Å². The smallest absolute Gasteiger partial charge is 0.336 e. The van der Waals surface area contributed by atoms with Crippen molar-refractivity contribution in [3.63, 3.8) is 0 Å². The lowest BCUT2D eigenvalue weighted by atomic mass is 9.46. The fourth-order valence-corrected chi connectivity index (χ4v) is 7.13. The third-order valence-electron chi connectivity index (χ3n) is 7.81. The fourth-order valence-electron chi connectivity index (χ4n) is 6.22. The summed E-state index contributed by atoms with van der Waals surface area (Å²) in [6.45, 7) is 9.48. The van der Waals surface area contributed by atoms with E-state index in [1.807, 2.05) is 6.08 Å². The van der Waals surface area contributed by atoms with Crippen LogP contribution in [0.15, 0.2) is 23.8 Å². The van der Waals surface area contributed by atoms with E-state index in [9.17, 15) is 13.8 Å². The summed E-state index contributed by atoms with van der Waals surface area (Å²) < 4.78 is 27.9. The summed E-state index contributed by atoms with van der Waals surface area (Å²) in [5, 5.41) is 2.66. The Labute approximate surface area is 174 Å². The van der Waals surface area contributed by atoms with E-state index >= 15 is 0 Å². The lowest BCUT2D eigenvalue weighted by Gasteiger charge is -2.61. The fraction of sp³-hybridized carbons (Fsp3) is 0.714. The van der Waals surface area contributed by atoms with Crippen LogP contribution in [0.5, 0.6) is 0 Å². The molecule has 0 bridgehead atoms. The van der Waals surface area contributed by atoms with Crippen molar-refractivity contribution in [2.45, 2.75) is 58.1 Å². The third-order valence-corrected chi connectivity index (χ3v) is 8.51. The van der Waals surface area contributed by atoms with Gasteiger partial charge in [0.15, 0.2) is 0 Å². The van der Waals surface area contributed by atoms with Crippen molar-refractivity contribution in [1.82, 2.24) is 5.32 Å². The Bertz CT molecular complexity index is 781. The number of esters is 1. The zero-order valence-electron chi connectivity index (χ0n) is 17.0. The molecule has 2 saturated heterocycles. The monoisotopic (exact) mass is 423 g/mol. The predicted molar refractivity (Wildman–Crippen MR) is 106 cm³/mol. The Morgan fingerprint density at radius 1 is 1.31 bits per heavy atom. The number of ether oxygens (including phenoxy) is 1. The maximum atomic E-state index is 12.1. The molecule has 29 heavy (non-hydrogen) atoms. The zero-order valence-corrected chi connectivity index (χ0v) is 17.8. The van der Waals surface area contributed by atoms with Crippen molar-refractivity contribution in [2.24, 2.45) is 22.7 Å². The van der Waals surface area contributed by atoms with Gasteiger partial charge in [-0.25, -0.2) is 4.79 Å². The molecule has 160 valence electrons. The number of fused-ring (bicyclic) bond motifs is 3. The molecule has 2 aliphatic heterocycles. The number of hydrogen-bond donors (Lipinski definition) is 1. The molecule has 4 rings (SSSR count). The minimum Gasteiger partial charge on any atom is -0.460 e.